The Hall–Kier alpha value is -2.38. The van der Waals surface area contributed by atoms with Crippen LogP contribution in [0.5, 0.6) is 0 Å². The molecule has 2 saturated heterocycles. The van der Waals surface area contributed by atoms with Crippen molar-refractivity contribution in [1.82, 2.24) is 14.9 Å². The van der Waals surface area contributed by atoms with Crippen molar-refractivity contribution in [2.45, 2.75) is 51.7 Å². The van der Waals surface area contributed by atoms with Gasteiger partial charge in [0, 0.05) is 45.0 Å². The standard InChI is InChI=1S/C25H38N6O/c1-24(2)8-12-30(13-9-24)17-20-4-6-21(7-5-20)27-18-25(32)10-14-31(15-11-25)23-16-22(26-3)28-19-29-23/h4-7,16,19,27,32H,8-15,17-18H2,1-3H3,(H,26,28,29). The fourth-order valence-electron chi connectivity index (χ4n) is 4.55. The molecule has 0 amide bonds. The van der Waals surface area contributed by atoms with E-state index in [-0.39, 0.29) is 0 Å². The fourth-order valence-corrected chi connectivity index (χ4v) is 4.55. The molecule has 0 radical (unpaired) electrons. The highest BCUT2D eigenvalue weighted by molar-refractivity contribution is 5.49. The number of aliphatic hydroxyl groups is 1. The van der Waals surface area contributed by atoms with Crippen LogP contribution in [0.15, 0.2) is 36.7 Å². The van der Waals surface area contributed by atoms with E-state index in [1.807, 2.05) is 13.1 Å². The molecule has 0 atom stereocenters. The van der Waals surface area contributed by atoms with Gasteiger partial charge in [-0.1, -0.05) is 26.0 Å². The van der Waals surface area contributed by atoms with Gasteiger partial charge in [-0.3, -0.25) is 4.90 Å². The largest absolute Gasteiger partial charge is 0.388 e. The maximum atomic E-state index is 11.1. The number of hydrogen-bond donors (Lipinski definition) is 3. The Kier molecular flexibility index (Phi) is 6.86. The Morgan fingerprint density at radius 2 is 1.66 bits per heavy atom. The molecule has 4 rings (SSSR count). The summed E-state index contributed by atoms with van der Waals surface area (Å²) in [6, 6.07) is 10.7. The zero-order valence-corrected chi connectivity index (χ0v) is 19.8. The molecule has 1 aromatic carbocycles. The average molecular weight is 439 g/mol. The van der Waals surface area contributed by atoms with Gasteiger partial charge in [-0.05, 0) is 61.9 Å². The molecule has 7 nitrogen and oxygen atoms in total. The predicted octanol–water partition coefficient (Wildman–Crippen LogP) is 3.58. The van der Waals surface area contributed by atoms with Crippen LogP contribution in [0, 0.1) is 5.41 Å². The first-order chi connectivity index (χ1) is 15.3. The van der Waals surface area contributed by atoms with Gasteiger partial charge in [0.15, 0.2) is 0 Å². The summed E-state index contributed by atoms with van der Waals surface area (Å²) in [6.45, 7) is 10.3. The summed E-state index contributed by atoms with van der Waals surface area (Å²) in [7, 11) is 1.85. The third-order valence-electron chi connectivity index (χ3n) is 7.12. The second kappa shape index (κ2) is 9.63. The van der Waals surface area contributed by atoms with Gasteiger partial charge in [0.25, 0.3) is 0 Å². The molecule has 32 heavy (non-hydrogen) atoms. The Morgan fingerprint density at radius 1 is 0.969 bits per heavy atom. The van der Waals surface area contributed by atoms with Crippen molar-refractivity contribution in [3.8, 4) is 0 Å². The van der Waals surface area contributed by atoms with Crippen LogP contribution in [-0.4, -0.2) is 65.3 Å². The number of aromatic nitrogens is 2. The summed E-state index contributed by atoms with van der Waals surface area (Å²) in [6.07, 6.45) is 5.55. The van der Waals surface area contributed by atoms with Crippen molar-refractivity contribution in [1.29, 1.82) is 0 Å². The molecule has 7 heteroatoms. The number of piperidine rings is 2. The molecule has 0 saturated carbocycles. The number of nitrogens with one attached hydrogen (secondary N) is 2. The SMILES string of the molecule is CNc1cc(N2CCC(O)(CNc3ccc(CN4CCC(C)(C)CC4)cc3)CC2)ncn1. The van der Waals surface area contributed by atoms with Crippen LogP contribution in [0.2, 0.25) is 0 Å². The summed E-state index contributed by atoms with van der Waals surface area (Å²) in [5, 5.41) is 17.6. The van der Waals surface area contributed by atoms with Crippen LogP contribution in [0.1, 0.15) is 45.1 Å². The molecule has 0 spiro atoms. The number of hydrogen-bond acceptors (Lipinski definition) is 7. The van der Waals surface area contributed by atoms with Crippen molar-refractivity contribution < 1.29 is 5.11 Å². The van der Waals surface area contributed by atoms with E-state index in [4.69, 9.17) is 0 Å². The molecule has 3 N–H and O–H groups in total. The normalized spacial score (nSPS) is 20.7. The smallest absolute Gasteiger partial charge is 0.134 e. The van der Waals surface area contributed by atoms with E-state index in [2.05, 4.69) is 68.5 Å². The minimum atomic E-state index is -0.700. The molecular formula is C25H38N6O. The first-order valence-electron chi connectivity index (χ1n) is 11.9. The van der Waals surface area contributed by atoms with Gasteiger partial charge in [0.2, 0.25) is 0 Å². The van der Waals surface area contributed by atoms with Crippen LogP contribution in [0.3, 0.4) is 0 Å². The van der Waals surface area contributed by atoms with E-state index in [9.17, 15) is 5.11 Å². The Morgan fingerprint density at radius 3 is 2.31 bits per heavy atom. The number of likely N-dealkylation sites (tertiary alicyclic amines) is 1. The summed E-state index contributed by atoms with van der Waals surface area (Å²) >= 11 is 0. The Labute approximate surface area is 192 Å². The highest BCUT2D eigenvalue weighted by atomic mass is 16.3. The highest BCUT2D eigenvalue weighted by Crippen LogP contribution is 2.30. The van der Waals surface area contributed by atoms with Crippen LogP contribution in [-0.2, 0) is 6.54 Å². The van der Waals surface area contributed by atoms with Crippen molar-refractivity contribution in [2.75, 3.05) is 55.3 Å². The van der Waals surface area contributed by atoms with E-state index in [0.29, 0.717) is 24.8 Å². The van der Waals surface area contributed by atoms with Gasteiger partial charge < -0.3 is 20.6 Å². The van der Waals surface area contributed by atoms with Gasteiger partial charge >= 0.3 is 0 Å². The second-order valence-corrected chi connectivity index (χ2v) is 10.2. The molecule has 0 unspecified atom stereocenters. The minimum Gasteiger partial charge on any atom is -0.388 e. The zero-order chi connectivity index (χ0) is 22.6. The van der Waals surface area contributed by atoms with E-state index in [1.54, 1.807) is 6.33 Å². The van der Waals surface area contributed by atoms with Crippen molar-refractivity contribution in [3.05, 3.63) is 42.2 Å². The van der Waals surface area contributed by atoms with Crippen LogP contribution < -0.4 is 15.5 Å². The van der Waals surface area contributed by atoms with Gasteiger partial charge in [0.1, 0.15) is 18.0 Å². The van der Waals surface area contributed by atoms with E-state index in [1.165, 1.54) is 31.5 Å². The second-order valence-electron chi connectivity index (χ2n) is 10.2. The van der Waals surface area contributed by atoms with Crippen LogP contribution in [0.25, 0.3) is 0 Å². The molecule has 2 aromatic rings. The van der Waals surface area contributed by atoms with Crippen LogP contribution >= 0.6 is 0 Å². The predicted molar refractivity (Wildman–Crippen MR) is 131 cm³/mol. The average Bonchev–Trinajstić information content (AvgIpc) is 2.81. The monoisotopic (exact) mass is 438 g/mol. The number of anilines is 3. The molecule has 2 aliphatic rings. The minimum absolute atomic E-state index is 0.491. The van der Waals surface area contributed by atoms with Crippen molar-refractivity contribution in [3.63, 3.8) is 0 Å². The van der Waals surface area contributed by atoms with Crippen molar-refractivity contribution >= 4 is 17.3 Å². The Bertz CT molecular complexity index is 866. The van der Waals surface area contributed by atoms with E-state index < -0.39 is 5.60 Å². The van der Waals surface area contributed by atoms with E-state index in [0.717, 1.165) is 37.0 Å². The maximum absolute atomic E-state index is 11.1. The summed E-state index contributed by atoms with van der Waals surface area (Å²) in [5.74, 6) is 1.72. The van der Waals surface area contributed by atoms with E-state index >= 15 is 0 Å². The lowest BCUT2D eigenvalue weighted by molar-refractivity contribution is 0.0290. The van der Waals surface area contributed by atoms with Gasteiger partial charge in [-0.25, -0.2) is 9.97 Å². The molecule has 1 aromatic heterocycles. The number of rotatable bonds is 7. The van der Waals surface area contributed by atoms with Crippen LogP contribution in [0.4, 0.5) is 17.3 Å². The quantitative estimate of drug-likeness (QED) is 0.610. The molecular weight excluding hydrogens is 400 g/mol. The van der Waals surface area contributed by atoms with Gasteiger partial charge in [-0.15, -0.1) is 0 Å². The first-order valence-corrected chi connectivity index (χ1v) is 11.9. The topological polar surface area (TPSA) is 76.6 Å². The van der Waals surface area contributed by atoms with Gasteiger partial charge in [-0.2, -0.15) is 0 Å². The molecule has 2 fully saturated rings. The fraction of sp³-hybridized carbons (Fsp3) is 0.600. The Balaban J connectivity index is 1.24. The molecule has 0 aliphatic carbocycles. The zero-order valence-electron chi connectivity index (χ0n) is 19.8. The number of benzene rings is 1. The lowest BCUT2D eigenvalue weighted by atomic mass is 9.82. The van der Waals surface area contributed by atoms with Gasteiger partial charge in [0.05, 0.1) is 5.60 Å². The third-order valence-corrected chi connectivity index (χ3v) is 7.12. The maximum Gasteiger partial charge on any atom is 0.134 e. The molecule has 2 aliphatic heterocycles. The summed E-state index contributed by atoms with van der Waals surface area (Å²) in [5.41, 5.74) is 2.21. The lowest BCUT2D eigenvalue weighted by Crippen LogP contribution is -2.48. The highest BCUT2D eigenvalue weighted by Gasteiger charge is 2.32. The lowest BCUT2D eigenvalue weighted by Gasteiger charge is -2.39. The summed E-state index contributed by atoms with van der Waals surface area (Å²) < 4.78 is 0. The first kappa shape index (κ1) is 22.8. The number of nitrogens with zero attached hydrogens (tertiary/aromatic N) is 4. The molecule has 174 valence electrons. The molecule has 0 bridgehead atoms. The summed E-state index contributed by atoms with van der Waals surface area (Å²) in [4.78, 5) is 13.3. The molecule has 3 heterocycles. The third kappa shape index (κ3) is 5.90. The van der Waals surface area contributed by atoms with Crippen molar-refractivity contribution in [2.24, 2.45) is 5.41 Å².